The Morgan fingerprint density at radius 3 is 2.83 bits per heavy atom. The molecule has 0 amide bonds. The maximum Gasteiger partial charge on any atom is 0.312 e. The Labute approximate surface area is 138 Å². The molecule has 0 aromatic carbocycles. The predicted molar refractivity (Wildman–Crippen MR) is 86.5 cm³/mol. The van der Waals surface area contributed by atoms with E-state index in [1.165, 1.54) is 24.8 Å². The molecular formula is C20H28O3. The number of aliphatic hydroxyl groups is 1. The van der Waals surface area contributed by atoms with Gasteiger partial charge in [-0.05, 0) is 62.7 Å². The standard InChI is InChI=1S/C20H28O3/c1-11-9-20-10-12(11)5-6-13(20)18(2)7-4-8-19(3)15(18)14(16(20)21)23-17(19)22/h12-16,21H,1,4-10H2,2-3H3/t12-,13+,14-,15+,16-,18+,19-,20+/m1/s1. The van der Waals surface area contributed by atoms with Crippen LogP contribution in [0.15, 0.2) is 12.2 Å². The van der Waals surface area contributed by atoms with Crippen LogP contribution in [0.2, 0.25) is 0 Å². The highest BCUT2D eigenvalue weighted by atomic mass is 16.6. The van der Waals surface area contributed by atoms with Gasteiger partial charge in [-0.25, -0.2) is 0 Å². The Bertz CT molecular complexity index is 612. The van der Waals surface area contributed by atoms with E-state index in [-0.39, 0.29) is 34.2 Å². The first kappa shape index (κ1) is 14.5. The minimum Gasteiger partial charge on any atom is -0.459 e. The number of rotatable bonds is 0. The lowest BCUT2D eigenvalue weighted by atomic mass is 9.40. The first-order valence-electron chi connectivity index (χ1n) is 9.40. The molecule has 2 bridgehead atoms. The summed E-state index contributed by atoms with van der Waals surface area (Å²) in [5.74, 6) is 1.22. The number of fused-ring (bicyclic) bond motifs is 2. The summed E-state index contributed by atoms with van der Waals surface area (Å²) >= 11 is 0. The van der Waals surface area contributed by atoms with E-state index >= 15 is 0 Å². The molecule has 1 N–H and O–H groups in total. The lowest BCUT2D eigenvalue weighted by molar-refractivity contribution is -0.219. The third-order valence-corrected chi connectivity index (χ3v) is 8.80. The van der Waals surface area contributed by atoms with E-state index in [1.54, 1.807) is 0 Å². The van der Waals surface area contributed by atoms with Crippen molar-refractivity contribution in [1.29, 1.82) is 0 Å². The van der Waals surface area contributed by atoms with Crippen LogP contribution in [0.4, 0.5) is 0 Å². The van der Waals surface area contributed by atoms with Crippen LogP contribution in [0.25, 0.3) is 0 Å². The van der Waals surface area contributed by atoms with Crippen LogP contribution in [0.1, 0.15) is 58.8 Å². The summed E-state index contributed by atoms with van der Waals surface area (Å²) in [5.41, 5.74) is 0.987. The van der Waals surface area contributed by atoms with E-state index in [9.17, 15) is 9.90 Å². The summed E-state index contributed by atoms with van der Waals surface area (Å²) in [6.07, 6.45) is 6.82. The minimum absolute atomic E-state index is 0.0547. The quantitative estimate of drug-likeness (QED) is 0.550. The van der Waals surface area contributed by atoms with Crippen LogP contribution >= 0.6 is 0 Å². The molecule has 1 saturated heterocycles. The molecule has 126 valence electrons. The van der Waals surface area contributed by atoms with Gasteiger partial charge in [0, 0.05) is 11.3 Å². The van der Waals surface area contributed by atoms with Gasteiger partial charge in [-0.1, -0.05) is 25.5 Å². The molecule has 23 heavy (non-hydrogen) atoms. The van der Waals surface area contributed by atoms with Crippen LogP contribution in [-0.4, -0.2) is 23.3 Å². The molecule has 5 rings (SSSR count). The van der Waals surface area contributed by atoms with E-state index in [1.807, 2.05) is 0 Å². The molecule has 3 nitrogen and oxygen atoms in total. The van der Waals surface area contributed by atoms with Gasteiger partial charge >= 0.3 is 5.97 Å². The highest BCUT2D eigenvalue weighted by Gasteiger charge is 2.74. The van der Waals surface area contributed by atoms with Crippen LogP contribution < -0.4 is 0 Å². The Balaban J connectivity index is 1.69. The Morgan fingerprint density at radius 1 is 1.26 bits per heavy atom. The maximum atomic E-state index is 12.7. The van der Waals surface area contributed by atoms with E-state index in [2.05, 4.69) is 20.4 Å². The summed E-state index contributed by atoms with van der Waals surface area (Å²) in [4.78, 5) is 12.7. The predicted octanol–water partition coefficient (Wildman–Crippen LogP) is 3.46. The number of esters is 1. The van der Waals surface area contributed by atoms with Crippen molar-refractivity contribution in [3.8, 4) is 0 Å². The third kappa shape index (κ3) is 1.41. The largest absolute Gasteiger partial charge is 0.459 e. The summed E-state index contributed by atoms with van der Waals surface area (Å²) in [7, 11) is 0. The van der Waals surface area contributed by atoms with E-state index in [4.69, 9.17) is 4.74 Å². The number of hydrogen-bond acceptors (Lipinski definition) is 3. The average molecular weight is 316 g/mol. The van der Waals surface area contributed by atoms with Gasteiger partial charge in [-0.2, -0.15) is 0 Å². The van der Waals surface area contributed by atoms with Crippen molar-refractivity contribution in [2.75, 3.05) is 0 Å². The van der Waals surface area contributed by atoms with Gasteiger partial charge in [-0.15, -0.1) is 0 Å². The maximum absolute atomic E-state index is 12.7. The van der Waals surface area contributed by atoms with Gasteiger partial charge in [0.2, 0.25) is 0 Å². The highest BCUT2D eigenvalue weighted by Crippen LogP contribution is 2.74. The fourth-order valence-electron chi connectivity index (χ4n) is 8.02. The van der Waals surface area contributed by atoms with E-state index < -0.39 is 6.10 Å². The van der Waals surface area contributed by atoms with Crippen molar-refractivity contribution in [3.05, 3.63) is 12.2 Å². The number of carbonyl (C=O) groups is 1. The Hall–Kier alpha value is -0.830. The second-order valence-electron chi connectivity index (χ2n) is 9.67. The summed E-state index contributed by atoms with van der Waals surface area (Å²) < 4.78 is 5.87. The molecule has 1 heterocycles. The molecular weight excluding hydrogens is 288 g/mol. The zero-order chi connectivity index (χ0) is 16.2. The normalized spacial score (nSPS) is 60.2. The number of aliphatic hydroxyl groups excluding tert-OH is 1. The molecule has 4 saturated carbocycles. The van der Waals surface area contributed by atoms with Crippen LogP contribution in [-0.2, 0) is 9.53 Å². The zero-order valence-electron chi connectivity index (χ0n) is 14.3. The summed E-state index contributed by atoms with van der Waals surface area (Å²) in [5, 5.41) is 11.4. The third-order valence-electron chi connectivity index (χ3n) is 8.80. The van der Waals surface area contributed by atoms with Crippen LogP contribution in [0.5, 0.6) is 0 Å². The average Bonchev–Trinajstić information content (AvgIpc) is 2.91. The zero-order valence-corrected chi connectivity index (χ0v) is 14.3. The van der Waals surface area contributed by atoms with Gasteiger partial charge in [0.15, 0.2) is 0 Å². The van der Waals surface area contributed by atoms with Crippen molar-refractivity contribution in [2.24, 2.45) is 34.0 Å². The molecule has 0 radical (unpaired) electrons. The Morgan fingerprint density at radius 2 is 2.04 bits per heavy atom. The molecule has 1 aliphatic heterocycles. The Kier molecular flexibility index (Phi) is 2.55. The van der Waals surface area contributed by atoms with E-state index in [0.29, 0.717) is 11.8 Å². The minimum atomic E-state index is -0.503. The van der Waals surface area contributed by atoms with Gasteiger partial charge < -0.3 is 9.84 Å². The SMILES string of the molecule is C=C1C[C@]23C[C@H]1CC[C@H]2[C@]1(C)CCC[C@@]2(C)C(=O)O[C@@H]([C@H]3O)[C@@H]12. The van der Waals surface area contributed by atoms with Crippen molar-refractivity contribution in [2.45, 2.75) is 71.0 Å². The summed E-state index contributed by atoms with van der Waals surface area (Å²) in [6, 6.07) is 0. The first-order valence-corrected chi connectivity index (χ1v) is 9.40. The molecule has 3 heteroatoms. The number of allylic oxidation sites excluding steroid dienone is 1. The smallest absolute Gasteiger partial charge is 0.312 e. The fraction of sp³-hybridized carbons (Fsp3) is 0.850. The molecule has 5 fully saturated rings. The molecule has 5 aliphatic rings. The molecule has 0 aromatic heterocycles. The molecule has 1 spiro atoms. The number of carbonyl (C=O) groups excluding carboxylic acids is 1. The van der Waals surface area contributed by atoms with Crippen molar-refractivity contribution in [1.82, 2.24) is 0 Å². The van der Waals surface area contributed by atoms with Crippen LogP contribution in [0.3, 0.4) is 0 Å². The van der Waals surface area contributed by atoms with Crippen molar-refractivity contribution in [3.63, 3.8) is 0 Å². The van der Waals surface area contributed by atoms with E-state index in [0.717, 1.165) is 25.7 Å². The fourth-order valence-corrected chi connectivity index (χ4v) is 8.02. The van der Waals surface area contributed by atoms with Gasteiger partial charge in [0.1, 0.15) is 6.10 Å². The second-order valence-corrected chi connectivity index (χ2v) is 9.67. The second kappa shape index (κ2) is 4.04. The number of ether oxygens (including phenoxy) is 1. The lowest BCUT2D eigenvalue weighted by Crippen LogP contribution is -2.65. The van der Waals surface area contributed by atoms with Gasteiger partial charge in [0.25, 0.3) is 0 Å². The first-order chi connectivity index (χ1) is 10.8. The molecule has 8 atom stereocenters. The van der Waals surface area contributed by atoms with Gasteiger partial charge in [0.05, 0.1) is 11.5 Å². The summed E-state index contributed by atoms with van der Waals surface area (Å²) in [6.45, 7) is 8.82. The molecule has 0 aromatic rings. The molecule has 4 aliphatic carbocycles. The molecule has 0 unspecified atom stereocenters. The van der Waals surface area contributed by atoms with Gasteiger partial charge in [-0.3, -0.25) is 4.79 Å². The lowest BCUT2D eigenvalue weighted by Gasteiger charge is -2.63. The van der Waals surface area contributed by atoms with Crippen molar-refractivity contribution >= 4 is 5.97 Å². The van der Waals surface area contributed by atoms with Crippen LogP contribution in [0, 0.1) is 34.0 Å². The highest BCUT2D eigenvalue weighted by molar-refractivity contribution is 5.80. The topological polar surface area (TPSA) is 46.5 Å². The van der Waals surface area contributed by atoms with Crippen molar-refractivity contribution < 1.29 is 14.6 Å². The number of hydrogen-bond donors (Lipinski definition) is 1. The monoisotopic (exact) mass is 316 g/mol.